The Balaban J connectivity index is 1.58. The van der Waals surface area contributed by atoms with Crippen LogP contribution in [0.4, 0.5) is 5.82 Å². The second-order valence-corrected chi connectivity index (χ2v) is 7.42. The second-order valence-electron chi connectivity index (χ2n) is 7.42. The number of pyridine rings is 1. The van der Waals surface area contributed by atoms with E-state index < -0.39 is 0 Å². The summed E-state index contributed by atoms with van der Waals surface area (Å²) in [6, 6.07) is 5.92. The van der Waals surface area contributed by atoms with Crippen molar-refractivity contribution in [2.75, 3.05) is 11.9 Å². The first-order valence-electron chi connectivity index (χ1n) is 10.8. The molecule has 0 bridgehead atoms. The molecule has 0 fully saturated rings. The monoisotopic (exact) mass is 368 g/mol. The van der Waals surface area contributed by atoms with Crippen LogP contribution in [-0.4, -0.2) is 21.5 Å². The Morgan fingerprint density at radius 3 is 2.15 bits per heavy atom. The summed E-state index contributed by atoms with van der Waals surface area (Å²) in [7, 11) is 0. The Labute approximate surface area is 165 Å². The van der Waals surface area contributed by atoms with Gasteiger partial charge in [-0.05, 0) is 25.5 Å². The molecule has 0 saturated carbocycles. The molecule has 1 N–H and O–H groups in total. The van der Waals surface area contributed by atoms with Gasteiger partial charge in [-0.2, -0.15) is 0 Å². The van der Waals surface area contributed by atoms with E-state index in [9.17, 15) is 0 Å². The number of anilines is 1. The van der Waals surface area contributed by atoms with Gasteiger partial charge in [-0.25, -0.2) is 9.97 Å². The van der Waals surface area contributed by atoms with Gasteiger partial charge in [0.05, 0.1) is 0 Å². The molecule has 0 aromatic carbocycles. The molecule has 0 unspecified atom stereocenters. The summed E-state index contributed by atoms with van der Waals surface area (Å²) in [6.45, 7) is 5.26. The minimum Gasteiger partial charge on any atom is -0.370 e. The fourth-order valence-corrected chi connectivity index (χ4v) is 3.29. The SMILES string of the molecule is CCCCCCCCCCCCCNc1cc(C)nc(-c2cccnc2)n1. The van der Waals surface area contributed by atoms with Crippen LogP contribution >= 0.6 is 0 Å². The highest BCUT2D eigenvalue weighted by Crippen LogP contribution is 2.17. The lowest BCUT2D eigenvalue weighted by Crippen LogP contribution is -2.05. The van der Waals surface area contributed by atoms with Crippen LogP contribution in [-0.2, 0) is 0 Å². The molecule has 2 rings (SSSR count). The third-order valence-electron chi connectivity index (χ3n) is 4.86. The van der Waals surface area contributed by atoms with Gasteiger partial charge in [0, 0.05) is 36.3 Å². The molecule has 148 valence electrons. The fourth-order valence-electron chi connectivity index (χ4n) is 3.29. The molecule has 0 atom stereocenters. The highest BCUT2D eigenvalue weighted by Gasteiger charge is 2.04. The van der Waals surface area contributed by atoms with Crippen molar-refractivity contribution in [3.63, 3.8) is 0 Å². The Morgan fingerprint density at radius 1 is 0.852 bits per heavy atom. The number of aryl methyl sites for hydroxylation is 1. The smallest absolute Gasteiger partial charge is 0.163 e. The summed E-state index contributed by atoms with van der Waals surface area (Å²) >= 11 is 0. The number of hydrogen-bond acceptors (Lipinski definition) is 4. The highest BCUT2D eigenvalue weighted by molar-refractivity contribution is 5.56. The molecule has 4 nitrogen and oxygen atoms in total. The molecule has 0 aliphatic rings. The van der Waals surface area contributed by atoms with E-state index in [0.717, 1.165) is 29.4 Å². The lowest BCUT2D eigenvalue weighted by molar-refractivity contribution is 0.552. The van der Waals surface area contributed by atoms with Crippen molar-refractivity contribution in [1.29, 1.82) is 0 Å². The van der Waals surface area contributed by atoms with Crippen molar-refractivity contribution in [3.8, 4) is 11.4 Å². The summed E-state index contributed by atoms with van der Waals surface area (Å²) in [4.78, 5) is 13.3. The Morgan fingerprint density at radius 2 is 1.52 bits per heavy atom. The average Bonchev–Trinajstić information content (AvgIpc) is 2.69. The first-order chi connectivity index (χ1) is 13.3. The van der Waals surface area contributed by atoms with Crippen LogP contribution in [0, 0.1) is 6.92 Å². The normalized spacial score (nSPS) is 10.9. The van der Waals surface area contributed by atoms with Crippen LogP contribution in [0.5, 0.6) is 0 Å². The van der Waals surface area contributed by atoms with Crippen LogP contribution in [0.3, 0.4) is 0 Å². The standard InChI is InChI=1S/C23H36N4/c1-3-4-5-6-7-8-9-10-11-12-13-17-25-22-18-20(2)26-23(27-22)21-15-14-16-24-19-21/h14-16,18-19H,3-13,17H2,1-2H3,(H,25,26,27). The van der Waals surface area contributed by atoms with Crippen LogP contribution in [0.25, 0.3) is 11.4 Å². The molecule has 0 spiro atoms. The number of rotatable bonds is 14. The van der Waals surface area contributed by atoms with Crippen LogP contribution in [0.2, 0.25) is 0 Å². The zero-order chi connectivity index (χ0) is 19.2. The van der Waals surface area contributed by atoms with Gasteiger partial charge in [-0.1, -0.05) is 71.1 Å². The molecule has 2 heterocycles. The van der Waals surface area contributed by atoms with Crippen molar-refractivity contribution in [2.24, 2.45) is 0 Å². The van der Waals surface area contributed by atoms with Crippen molar-refractivity contribution in [2.45, 2.75) is 84.5 Å². The van der Waals surface area contributed by atoms with Crippen molar-refractivity contribution >= 4 is 5.82 Å². The van der Waals surface area contributed by atoms with Gasteiger partial charge in [-0.3, -0.25) is 4.98 Å². The van der Waals surface area contributed by atoms with E-state index in [-0.39, 0.29) is 0 Å². The Kier molecular flexibility index (Phi) is 10.5. The predicted molar refractivity (Wildman–Crippen MR) is 115 cm³/mol. The minimum atomic E-state index is 0.740. The van der Waals surface area contributed by atoms with Gasteiger partial charge in [0.2, 0.25) is 0 Å². The van der Waals surface area contributed by atoms with E-state index >= 15 is 0 Å². The lowest BCUT2D eigenvalue weighted by atomic mass is 10.1. The van der Waals surface area contributed by atoms with E-state index in [1.165, 1.54) is 70.6 Å². The lowest BCUT2D eigenvalue weighted by Gasteiger charge is -2.08. The molecular formula is C23H36N4. The fraction of sp³-hybridized carbons (Fsp3) is 0.609. The molecule has 0 saturated heterocycles. The van der Waals surface area contributed by atoms with Crippen molar-refractivity contribution < 1.29 is 0 Å². The van der Waals surface area contributed by atoms with Crippen LogP contribution in [0.1, 0.15) is 83.2 Å². The molecule has 0 aliphatic carbocycles. The van der Waals surface area contributed by atoms with Gasteiger partial charge in [0.25, 0.3) is 0 Å². The highest BCUT2D eigenvalue weighted by atomic mass is 15.0. The first kappa shape index (κ1) is 21.3. The number of unbranched alkanes of at least 4 members (excludes halogenated alkanes) is 10. The van der Waals surface area contributed by atoms with Crippen molar-refractivity contribution in [3.05, 3.63) is 36.3 Å². The quantitative estimate of drug-likeness (QED) is 0.383. The molecule has 2 aromatic heterocycles. The van der Waals surface area contributed by atoms with E-state index in [0.29, 0.717) is 0 Å². The van der Waals surface area contributed by atoms with E-state index in [2.05, 4.69) is 27.2 Å². The number of nitrogens with zero attached hydrogens (tertiary/aromatic N) is 3. The predicted octanol–water partition coefficient (Wildman–Crippen LogP) is 6.57. The molecule has 0 aliphatic heterocycles. The second kappa shape index (κ2) is 13.2. The zero-order valence-corrected chi connectivity index (χ0v) is 17.2. The third kappa shape index (κ3) is 8.98. The minimum absolute atomic E-state index is 0.740. The summed E-state index contributed by atoms with van der Waals surface area (Å²) < 4.78 is 0. The Bertz CT molecular complexity index is 628. The maximum atomic E-state index is 4.63. The van der Waals surface area contributed by atoms with Gasteiger partial charge in [0.15, 0.2) is 5.82 Å². The molecule has 2 aromatic rings. The molecule has 4 heteroatoms. The average molecular weight is 369 g/mol. The van der Waals surface area contributed by atoms with Crippen LogP contribution in [0.15, 0.2) is 30.6 Å². The summed E-state index contributed by atoms with van der Waals surface area (Å²) in [5.74, 6) is 1.65. The summed E-state index contributed by atoms with van der Waals surface area (Å²) in [5, 5.41) is 3.45. The van der Waals surface area contributed by atoms with E-state index in [1.54, 1.807) is 6.20 Å². The number of aromatic nitrogens is 3. The van der Waals surface area contributed by atoms with Crippen molar-refractivity contribution in [1.82, 2.24) is 15.0 Å². The molecule has 0 radical (unpaired) electrons. The molecule has 27 heavy (non-hydrogen) atoms. The maximum Gasteiger partial charge on any atom is 0.163 e. The summed E-state index contributed by atoms with van der Waals surface area (Å²) in [6.07, 6.45) is 18.6. The van der Waals surface area contributed by atoms with Gasteiger partial charge in [-0.15, -0.1) is 0 Å². The van der Waals surface area contributed by atoms with Gasteiger partial charge >= 0.3 is 0 Å². The Hall–Kier alpha value is -1.97. The van der Waals surface area contributed by atoms with E-state index in [1.807, 2.05) is 31.3 Å². The first-order valence-corrected chi connectivity index (χ1v) is 10.8. The number of nitrogens with one attached hydrogen (secondary N) is 1. The van der Waals surface area contributed by atoms with E-state index in [4.69, 9.17) is 0 Å². The zero-order valence-electron chi connectivity index (χ0n) is 17.2. The third-order valence-corrected chi connectivity index (χ3v) is 4.86. The largest absolute Gasteiger partial charge is 0.370 e. The van der Waals surface area contributed by atoms with Gasteiger partial charge < -0.3 is 5.32 Å². The molecular weight excluding hydrogens is 332 g/mol. The maximum absolute atomic E-state index is 4.63. The van der Waals surface area contributed by atoms with Gasteiger partial charge in [0.1, 0.15) is 5.82 Å². The number of hydrogen-bond donors (Lipinski definition) is 1. The van der Waals surface area contributed by atoms with Crippen LogP contribution < -0.4 is 5.32 Å². The topological polar surface area (TPSA) is 50.7 Å². The summed E-state index contributed by atoms with van der Waals surface area (Å²) in [5.41, 5.74) is 1.93. The molecule has 0 amide bonds.